The van der Waals surface area contributed by atoms with Crippen molar-refractivity contribution in [2.45, 2.75) is 0 Å². The first-order chi connectivity index (χ1) is 14.1. The Morgan fingerprint density at radius 3 is 1.41 bits per heavy atom. The van der Waals surface area contributed by atoms with Crippen molar-refractivity contribution in [3.8, 4) is 28.2 Å². The summed E-state index contributed by atoms with van der Waals surface area (Å²) in [5, 5.41) is 23.1. The molecule has 0 saturated carbocycles. The topological polar surface area (TPSA) is 91.2 Å². The number of benzene rings is 3. The zero-order chi connectivity index (χ0) is 20.4. The van der Waals surface area contributed by atoms with Gasteiger partial charge in [0, 0.05) is 17.8 Å². The Balaban J connectivity index is 2.05. The quantitative estimate of drug-likeness (QED) is 0.329. The van der Waals surface area contributed by atoms with Gasteiger partial charge >= 0.3 is 0 Å². The van der Waals surface area contributed by atoms with E-state index in [1.807, 2.05) is 34.9 Å². The summed E-state index contributed by atoms with van der Waals surface area (Å²) in [6, 6.07) is 25.7. The van der Waals surface area contributed by atoms with Crippen molar-refractivity contribution < 1.29 is 9.85 Å². The Kier molecular flexibility index (Phi) is 4.62. The second-order valence-corrected chi connectivity index (χ2v) is 6.32. The standard InChI is InChI=1S/C22H15N3O4/c26-24(27)21-12-6-4-10-17(21)19-14-15-20(23(19)16-8-2-1-3-9-16)18-11-5-7-13-22(18)25(28)29/h1-15H. The maximum absolute atomic E-state index is 11.6. The van der Waals surface area contributed by atoms with Crippen LogP contribution in [0.15, 0.2) is 91.0 Å². The van der Waals surface area contributed by atoms with Crippen LogP contribution in [-0.4, -0.2) is 14.4 Å². The van der Waals surface area contributed by atoms with Crippen molar-refractivity contribution in [2.24, 2.45) is 0 Å². The summed E-state index contributed by atoms with van der Waals surface area (Å²) < 4.78 is 1.81. The first-order valence-electron chi connectivity index (χ1n) is 8.82. The molecule has 142 valence electrons. The average Bonchev–Trinajstić information content (AvgIpc) is 3.19. The third-order valence-corrected chi connectivity index (χ3v) is 4.65. The predicted molar refractivity (Wildman–Crippen MR) is 110 cm³/mol. The van der Waals surface area contributed by atoms with E-state index in [1.165, 1.54) is 12.1 Å². The van der Waals surface area contributed by atoms with Crippen LogP contribution in [0.25, 0.3) is 28.2 Å². The number of nitrogens with zero attached hydrogens (tertiary/aromatic N) is 3. The molecule has 7 nitrogen and oxygen atoms in total. The molecular weight excluding hydrogens is 370 g/mol. The number of nitro groups is 2. The first kappa shape index (κ1) is 18.1. The van der Waals surface area contributed by atoms with Crippen molar-refractivity contribution in [3.63, 3.8) is 0 Å². The molecule has 0 spiro atoms. The molecule has 0 bridgehead atoms. The molecule has 0 radical (unpaired) electrons. The van der Waals surface area contributed by atoms with Gasteiger partial charge in [-0.3, -0.25) is 20.2 Å². The third-order valence-electron chi connectivity index (χ3n) is 4.65. The number of para-hydroxylation sites is 3. The van der Waals surface area contributed by atoms with Crippen LogP contribution in [-0.2, 0) is 0 Å². The molecule has 29 heavy (non-hydrogen) atoms. The molecule has 0 amide bonds. The van der Waals surface area contributed by atoms with E-state index in [9.17, 15) is 20.2 Å². The van der Waals surface area contributed by atoms with E-state index in [2.05, 4.69) is 0 Å². The fourth-order valence-electron chi connectivity index (χ4n) is 3.41. The second kappa shape index (κ2) is 7.40. The summed E-state index contributed by atoms with van der Waals surface area (Å²) in [5.41, 5.74) is 2.72. The Bertz CT molecular complexity index is 1140. The fraction of sp³-hybridized carbons (Fsp3) is 0. The number of nitro benzene ring substituents is 2. The summed E-state index contributed by atoms with van der Waals surface area (Å²) in [7, 11) is 0. The highest BCUT2D eigenvalue weighted by molar-refractivity contribution is 5.80. The van der Waals surface area contributed by atoms with Crippen LogP contribution in [0.5, 0.6) is 0 Å². The molecule has 1 heterocycles. The van der Waals surface area contributed by atoms with E-state index in [1.54, 1.807) is 48.5 Å². The van der Waals surface area contributed by atoms with Crippen molar-refractivity contribution in [3.05, 3.63) is 111 Å². The normalized spacial score (nSPS) is 10.6. The zero-order valence-corrected chi connectivity index (χ0v) is 15.1. The Hall–Kier alpha value is -4.26. The maximum Gasteiger partial charge on any atom is 0.278 e. The third kappa shape index (κ3) is 3.25. The van der Waals surface area contributed by atoms with Gasteiger partial charge in [0.05, 0.1) is 32.4 Å². The molecule has 4 rings (SSSR count). The van der Waals surface area contributed by atoms with Gasteiger partial charge in [0.2, 0.25) is 0 Å². The summed E-state index contributed by atoms with van der Waals surface area (Å²) >= 11 is 0. The molecule has 0 N–H and O–H groups in total. The van der Waals surface area contributed by atoms with Crippen LogP contribution in [0.3, 0.4) is 0 Å². The molecular formula is C22H15N3O4. The monoisotopic (exact) mass is 385 g/mol. The van der Waals surface area contributed by atoms with Crippen molar-refractivity contribution >= 4 is 11.4 Å². The molecule has 0 saturated heterocycles. The van der Waals surface area contributed by atoms with Gasteiger partial charge < -0.3 is 4.57 Å². The van der Waals surface area contributed by atoms with Gasteiger partial charge in [0.25, 0.3) is 11.4 Å². The molecule has 0 fully saturated rings. The Morgan fingerprint density at radius 1 is 0.552 bits per heavy atom. The lowest BCUT2D eigenvalue weighted by Gasteiger charge is -2.14. The minimum absolute atomic E-state index is 0.0307. The van der Waals surface area contributed by atoms with E-state index in [0.717, 1.165) is 5.69 Å². The van der Waals surface area contributed by atoms with Crippen LogP contribution in [0.1, 0.15) is 0 Å². The second-order valence-electron chi connectivity index (χ2n) is 6.32. The molecule has 4 aromatic rings. The summed E-state index contributed by atoms with van der Waals surface area (Å²) in [6.45, 7) is 0. The van der Waals surface area contributed by atoms with Crippen LogP contribution < -0.4 is 0 Å². The van der Waals surface area contributed by atoms with Crippen molar-refractivity contribution in [2.75, 3.05) is 0 Å². The van der Waals surface area contributed by atoms with Gasteiger partial charge in [-0.25, -0.2) is 0 Å². The molecule has 3 aromatic carbocycles. The largest absolute Gasteiger partial charge is 0.309 e. The SMILES string of the molecule is O=[N+]([O-])c1ccccc1-c1ccc(-c2ccccc2[N+](=O)[O-])n1-c1ccccc1. The zero-order valence-electron chi connectivity index (χ0n) is 15.1. The predicted octanol–water partition coefficient (Wildman–Crippen LogP) is 5.63. The molecule has 0 aliphatic carbocycles. The summed E-state index contributed by atoms with van der Waals surface area (Å²) in [5.74, 6) is 0. The summed E-state index contributed by atoms with van der Waals surface area (Å²) in [4.78, 5) is 22.3. The van der Waals surface area contributed by atoms with Gasteiger partial charge in [0.1, 0.15) is 0 Å². The van der Waals surface area contributed by atoms with E-state index in [-0.39, 0.29) is 11.4 Å². The van der Waals surface area contributed by atoms with Gasteiger partial charge in [0.15, 0.2) is 0 Å². The van der Waals surface area contributed by atoms with E-state index in [0.29, 0.717) is 22.5 Å². The fourth-order valence-corrected chi connectivity index (χ4v) is 3.41. The Labute approximate surface area is 165 Å². The maximum atomic E-state index is 11.6. The lowest BCUT2D eigenvalue weighted by molar-refractivity contribution is -0.384. The molecule has 0 atom stereocenters. The van der Waals surface area contributed by atoms with E-state index in [4.69, 9.17) is 0 Å². The first-order valence-corrected chi connectivity index (χ1v) is 8.82. The number of hydrogen-bond acceptors (Lipinski definition) is 4. The van der Waals surface area contributed by atoms with Crippen molar-refractivity contribution in [1.82, 2.24) is 4.57 Å². The van der Waals surface area contributed by atoms with E-state index < -0.39 is 9.85 Å². The minimum Gasteiger partial charge on any atom is -0.309 e. The highest BCUT2D eigenvalue weighted by atomic mass is 16.6. The van der Waals surface area contributed by atoms with Gasteiger partial charge in [-0.05, 0) is 36.4 Å². The summed E-state index contributed by atoms with van der Waals surface area (Å²) in [6.07, 6.45) is 0. The minimum atomic E-state index is -0.428. The molecule has 0 aliphatic rings. The van der Waals surface area contributed by atoms with Gasteiger partial charge in [-0.2, -0.15) is 0 Å². The lowest BCUT2D eigenvalue weighted by Crippen LogP contribution is -2.02. The van der Waals surface area contributed by atoms with Crippen LogP contribution >= 0.6 is 0 Å². The lowest BCUT2D eigenvalue weighted by atomic mass is 10.1. The number of rotatable bonds is 5. The highest BCUT2D eigenvalue weighted by Gasteiger charge is 2.23. The molecule has 0 aliphatic heterocycles. The van der Waals surface area contributed by atoms with E-state index >= 15 is 0 Å². The van der Waals surface area contributed by atoms with Gasteiger partial charge in [-0.1, -0.05) is 42.5 Å². The smallest absolute Gasteiger partial charge is 0.278 e. The molecule has 1 aromatic heterocycles. The average molecular weight is 385 g/mol. The molecule has 7 heteroatoms. The highest BCUT2D eigenvalue weighted by Crippen LogP contribution is 2.38. The van der Waals surface area contributed by atoms with Crippen LogP contribution in [0.2, 0.25) is 0 Å². The Morgan fingerprint density at radius 2 is 0.966 bits per heavy atom. The molecule has 0 unspecified atom stereocenters. The number of hydrogen-bond donors (Lipinski definition) is 0. The van der Waals surface area contributed by atoms with Gasteiger partial charge in [-0.15, -0.1) is 0 Å². The van der Waals surface area contributed by atoms with Crippen molar-refractivity contribution in [1.29, 1.82) is 0 Å². The van der Waals surface area contributed by atoms with Crippen LogP contribution in [0, 0.1) is 20.2 Å². The van der Waals surface area contributed by atoms with Crippen LogP contribution in [0.4, 0.5) is 11.4 Å². The number of aromatic nitrogens is 1.